The molecule has 0 saturated carbocycles. The highest BCUT2D eigenvalue weighted by Crippen LogP contribution is 2.15. The molecule has 0 unspecified atom stereocenters. The SMILES string of the molecule is CN(C)c1ccc2[nH]c(CNCC(F)(F)F)nc2n1. The van der Waals surface area contributed by atoms with Crippen molar-refractivity contribution < 1.29 is 13.2 Å². The predicted molar refractivity (Wildman–Crippen MR) is 66.0 cm³/mol. The Morgan fingerprint density at radius 1 is 1.26 bits per heavy atom. The standard InChI is InChI=1S/C11H14F3N5/c1-19(2)9-4-3-7-10(18-9)17-8(16-7)5-15-6-11(12,13)14/h3-4,15H,5-6H2,1-2H3,(H,16,17,18). The van der Waals surface area contributed by atoms with Crippen molar-refractivity contribution in [3.63, 3.8) is 0 Å². The van der Waals surface area contributed by atoms with Crippen molar-refractivity contribution in [3.8, 4) is 0 Å². The summed E-state index contributed by atoms with van der Waals surface area (Å²) in [7, 11) is 3.71. The maximum atomic E-state index is 12.0. The van der Waals surface area contributed by atoms with E-state index in [1.807, 2.05) is 25.1 Å². The molecule has 2 aromatic heterocycles. The lowest BCUT2D eigenvalue weighted by Gasteiger charge is -2.09. The number of hydrogen-bond donors (Lipinski definition) is 2. The third-order valence-electron chi connectivity index (χ3n) is 2.46. The molecule has 0 aliphatic carbocycles. The second-order valence-electron chi connectivity index (χ2n) is 4.34. The molecule has 5 nitrogen and oxygen atoms in total. The van der Waals surface area contributed by atoms with Gasteiger partial charge in [-0.05, 0) is 12.1 Å². The Hall–Kier alpha value is -1.83. The highest BCUT2D eigenvalue weighted by atomic mass is 19.4. The summed E-state index contributed by atoms with van der Waals surface area (Å²) in [6.07, 6.45) is -4.22. The maximum absolute atomic E-state index is 12.0. The molecule has 0 radical (unpaired) electrons. The lowest BCUT2D eigenvalue weighted by Crippen LogP contribution is -2.28. The summed E-state index contributed by atoms with van der Waals surface area (Å²) < 4.78 is 36.0. The Kier molecular flexibility index (Phi) is 3.61. The van der Waals surface area contributed by atoms with Gasteiger partial charge in [0.1, 0.15) is 11.6 Å². The second kappa shape index (κ2) is 5.04. The van der Waals surface area contributed by atoms with E-state index in [1.54, 1.807) is 6.07 Å². The third-order valence-corrected chi connectivity index (χ3v) is 2.46. The normalized spacial score (nSPS) is 12.1. The number of alkyl halides is 3. The van der Waals surface area contributed by atoms with Gasteiger partial charge in [-0.3, -0.25) is 0 Å². The van der Waals surface area contributed by atoms with Gasteiger partial charge in [-0.15, -0.1) is 0 Å². The third kappa shape index (κ3) is 3.57. The number of H-pyrrole nitrogens is 1. The Morgan fingerprint density at radius 2 is 2.00 bits per heavy atom. The summed E-state index contributed by atoms with van der Waals surface area (Å²) in [4.78, 5) is 13.2. The number of hydrogen-bond acceptors (Lipinski definition) is 4. The molecule has 0 atom stereocenters. The van der Waals surface area contributed by atoms with E-state index < -0.39 is 12.7 Å². The number of fused-ring (bicyclic) bond motifs is 1. The number of aromatic nitrogens is 3. The molecule has 8 heteroatoms. The lowest BCUT2D eigenvalue weighted by molar-refractivity contribution is -0.125. The van der Waals surface area contributed by atoms with Crippen molar-refractivity contribution in [2.45, 2.75) is 12.7 Å². The molecule has 0 aliphatic rings. The average Bonchev–Trinajstić information content (AvgIpc) is 2.68. The van der Waals surface area contributed by atoms with Gasteiger partial charge in [0.2, 0.25) is 0 Å². The van der Waals surface area contributed by atoms with Crippen LogP contribution in [-0.2, 0) is 6.54 Å². The molecule has 2 rings (SSSR count). The first-order valence-corrected chi connectivity index (χ1v) is 5.65. The Morgan fingerprint density at radius 3 is 2.63 bits per heavy atom. The fourth-order valence-electron chi connectivity index (χ4n) is 1.59. The lowest BCUT2D eigenvalue weighted by atomic mass is 10.4. The van der Waals surface area contributed by atoms with Crippen molar-refractivity contribution in [1.29, 1.82) is 0 Å². The van der Waals surface area contributed by atoms with Crippen molar-refractivity contribution in [2.24, 2.45) is 0 Å². The first kappa shape index (κ1) is 13.6. The van der Waals surface area contributed by atoms with Crippen molar-refractivity contribution >= 4 is 17.0 Å². The molecule has 0 fully saturated rings. The zero-order valence-corrected chi connectivity index (χ0v) is 10.5. The molecule has 0 spiro atoms. The smallest absolute Gasteiger partial charge is 0.363 e. The van der Waals surface area contributed by atoms with E-state index in [0.717, 1.165) is 5.82 Å². The van der Waals surface area contributed by atoms with Crippen LogP contribution in [0.25, 0.3) is 11.2 Å². The van der Waals surface area contributed by atoms with Gasteiger partial charge in [0.05, 0.1) is 18.6 Å². The highest BCUT2D eigenvalue weighted by molar-refractivity contribution is 5.73. The van der Waals surface area contributed by atoms with Gasteiger partial charge in [0.25, 0.3) is 0 Å². The number of anilines is 1. The van der Waals surface area contributed by atoms with Gasteiger partial charge in [-0.25, -0.2) is 9.97 Å². The van der Waals surface area contributed by atoms with Gasteiger partial charge in [0.15, 0.2) is 5.65 Å². The molecule has 0 bridgehead atoms. The zero-order chi connectivity index (χ0) is 14.0. The van der Waals surface area contributed by atoms with Crippen molar-refractivity contribution in [1.82, 2.24) is 20.3 Å². The average molecular weight is 273 g/mol. The number of imidazole rings is 1. The van der Waals surface area contributed by atoms with E-state index in [4.69, 9.17) is 0 Å². The fourth-order valence-corrected chi connectivity index (χ4v) is 1.59. The molecule has 104 valence electrons. The minimum absolute atomic E-state index is 0.0210. The van der Waals surface area contributed by atoms with Gasteiger partial charge >= 0.3 is 6.18 Å². The fraction of sp³-hybridized carbons (Fsp3) is 0.455. The maximum Gasteiger partial charge on any atom is 0.401 e. The van der Waals surface area contributed by atoms with Gasteiger partial charge in [-0.2, -0.15) is 13.2 Å². The summed E-state index contributed by atoms with van der Waals surface area (Å²) >= 11 is 0. The zero-order valence-electron chi connectivity index (χ0n) is 10.5. The van der Waals surface area contributed by atoms with Gasteiger partial charge in [0, 0.05) is 14.1 Å². The van der Waals surface area contributed by atoms with Gasteiger partial charge in [-0.1, -0.05) is 0 Å². The first-order valence-electron chi connectivity index (χ1n) is 5.65. The molecule has 2 N–H and O–H groups in total. The van der Waals surface area contributed by atoms with Crippen LogP contribution in [0, 0.1) is 0 Å². The molecule has 0 amide bonds. The number of rotatable bonds is 4. The Balaban J connectivity index is 2.09. The molecular formula is C11H14F3N5. The van der Waals surface area contributed by atoms with E-state index in [-0.39, 0.29) is 6.54 Å². The monoisotopic (exact) mass is 273 g/mol. The topological polar surface area (TPSA) is 56.8 Å². The summed E-state index contributed by atoms with van der Waals surface area (Å²) in [6, 6.07) is 3.62. The minimum atomic E-state index is -4.22. The van der Waals surface area contributed by atoms with Gasteiger partial charge < -0.3 is 15.2 Å². The summed E-state index contributed by atoms with van der Waals surface area (Å²) in [6.45, 7) is -1.02. The Bertz CT molecular complexity index is 561. The van der Waals surface area contributed by atoms with Crippen LogP contribution in [0.3, 0.4) is 0 Å². The number of nitrogens with zero attached hydrogens (tertiary/aromatic N) is 3. The molecule has 0 aliphatic heterocycles. The van der Waals surface area contributed by atoms with Crippen LogP contribution in [-0.4, -0.2) is 41.8 Å². The van der Waals surface area contributed by atoms with E-state index in [1.165, 1.54) is 0 Å². The highest BCUT2D eigenvalue weighted by Gasteiger charge is 2.26. The minimum Gasteiger partial charge on any atom is -0.363 e. The van der Waals surface area contributed by atoms with E-state index >= 15 is 0 Å². The quantitative estimate of drug-likeness (QED) is 0.890. The van der Waals surface area contributed by atoms with Crippen molar-refractivity contribution in [2.75, 3.05) is 25.5 Å². The van der Waals surface area contributed by atoms with Crippen LogP contribution < -0.4 is 10.2 Å². The summed E-state index contributed by atoms with van der Waals surface area (Å²) in [5, 5.41) is 2.28. The predicted octanol–water partition coefficient (Wildman–Crippen LogP) is 1.68. The second-order valence-corrected chi connectivity index (χ2v) is 4.34. The molecule has 0 saturated heterocycles. The first-order chi connectivity index (χ1) is 8.85. The Labute approximate surface area is 107 Å². The van der Waals surface area contributed by atoms with Crippen LogP contribution in [0.2, 0.25) is 0 Å². The number of aromatic amines is 1. The van der Waals surface area contributed by atoms with E-state index in [9.17, 15) is 13.2 Å². The number of nitrogens with one attached hydrogen (secondary N) is 2. The summed E-state index contributed by atoms with van der Waals surface area (Å²) in [5.74, 6) is 1.18. The molecular weight excluding hydrogens is 259 g/mol. The van der Waals surface area contributed by atoms with Crippen LogP contribution in [0.1, 0.15) is 5.82 Å². The molecule has 19 heavy (non-hydrogen) atoms. The molecule has 2 aromatic rings. The summed E-state index contributed by atoms with van der Waals surface area (Å²) in [5.41, 5.74) is 1.20. The number of halogens is 3. The largest absolute Gasteiger partial charge is 0.401 e. The van der Waals surface area contributed by atoms with Crippen LogP contribution in [0.15, 0.2) is 12.1 Å². The molecule has 0 aromatic carbocycles. The van der Waals surface area contributed by atoms with E-state index in [0.29, 0.717) is 17.0 Å². The van der Waals surface area contributed by atoms with Crippen LogP contribution >= 0.6 is 0 Å². The molecule has 2 heterocycles. The van der Waals surface area contributed by atoms with Crippen LogP contribution in [0.5, 0.6) is 0 Å². The van der Waals surface area contributed by atoms with Crippen molar-refractivity contribution in [3.05, 3.63) is 18.0 Å². The van der Waals surface area contributed by atoms with Crippen LogP contribution in [0.4, 0.5) is 19.0 Å². The number of pyridine rings is 1. The van der Waals surface area contributed by atoms with E-state index in [2.05, 4.69) is 20.3 Å².